The zero-order valence-corrected chi connectivity index (χ0v) is 37.2. The van der Waals surface area contributed by atoms with Crippen LogP contribution in [-0.4, -0.2) is 41.0 Å². The number of phosphoric acid groups is 1. The van der Waals surface area contributed by atoms with Crippen molar-refractivity contribution in [3.05, 3.63) is 36.5 Å². The number of ether oxygens (including phenoxy) is 2. The second-order valence-electron chi connectivity index (χ2n) is 15.7. The van der Waals surface area contributed by atoms with Gasteiger partial charge in [0.15, 0.2) is 6.10 Å². The fourth-order valence-corrected chi connectivity index (χ4v) is 6.97. The van der Waals surface area contributed by atoms with Gasteiger partial charge in [0.1, 0.15) is 6.61 Å². The third-order valence-electron chi connectivity index (χ3n) is 10.1. The van der Waals surface area contributed by atoms with Crippen LogP contribution in [0.1, 0.15) is 232 Å². The molecule has 0 rings (SSSR count). The molecule has 0 aromatic rings. The summed E-state index contributed by atoms with van der Waals surface area (Å²) in [7, 11) is -4.76. The minimum absolute atomic E-state index is 0.202. The Kier molecular flexibility index (Phi) is 41.5. The molecule has 0 bridgehead atoms. The van der Waals surface area contributed by atoms with Gasteiger partial charge in [0.2, 0.25) is 0 Å². The molecule has 0 saturated carbocycles. The van der Waals surface area contributed by atoms with E-state index in [9.17, 15) is 14.2 Å². The quantitative estimate of drug-likeness (QED) is 0.0270. The van der Waals surface area contributed by atoms with Gasteiger partial charge in [-0.05, 0) is 64.2 Å². The van der Waals surface area contributed by atoms with Crippen LogP contribution in [0.5, 0.6) is 0 Å². The van der Waals surface area contributed by atoms with Crippen molar-refractivity contribution in [1.29, 1.82) is 0 Å². The Bertz CT molecular complexity index is 1000. The lowest BCUT2D eigenvalue weighted by Crippen LogP contribution is -2.29. The Hall–Kier alpha value is -1.73. The molecule has 2 N–H and O–H groups in total. The van der Waals surface area contributed by atoms with Gasteiger partial charge in [-0.25, -0.2) is 4.57 Å². The molecule has 0 spiro atoms. The van der Waals surface area contributed by atoms with E-state index < -0.39 is 32.5 Å². The lowest BCUT2D eigenvalue weighted by molar-refractivity contribution is -0.161. The number of allylic oxidation sites excluding steroid dienone is 6. The fourth-order valence-electron chi connectivity index (χ4n) is 6.61. The van der Waals surface area contributed by atoms with Crippen LogP contribution in [0.15, 0.2) is 36.5 Å². The Balaban J connectivity index is 3.88. The highest BCUT2D eigenvalue weighted by atomic mass is 31.2. The summed E-state index contributed by atoms with van der Waals surface area (Å²) >= 11 is 0. The second kappa shape index (κ2) is 42.9. The normalized spacial score (nSPS) is 12.7. The van der Waals surface area contributed by atoms with Gasteiger partial charge in [-0.3, -0.25) is 14.1 Å². The second-order valence-corrected chi connectivity index (χ2v) is 17.0. The van der Waals surface area contributed by atoms with Crippen LogP contribution < -0.4 is 0 Å². The molecule has 8 nitrogen and oxygen atoms in total. The van der Waals surface area contributed by atoms with Crippen LogP contribution in [-0.2, 0) is 28.2 Å². The molecular formula is C47H87O8P. The fraction of sp³-hybridized carbons (Fsp3) is 0.830. The Morgan fingerprint density at radius 1 is 0.446 bits per heavy atom. The molecular weight excluding hydrogens is 723 g/mol. The Morgan fingerprint density at radius 3 is 1.25 bits per heavy atom. The Labute approximate surface area is 344 Å². The van der Waals surface area contributed by atoms with Gasteiger partial charge in [0.05, 0.1) is 6.61 Å². The van der Waals surface area contributed by atoms with Crippen molar-refractivity contribution in [2.24, 2.45) is 0 Å². The maximum Gasteiger partial charge on any atom is 0.469 e. The van der Waals surface area contributed by atoms with E-state index in [1.165, 1.54) is 148 Å². The van der Waals surface area contributed by atoms with Crippen LogP contribution >= 0.6 is 7.82 Å². The number of carbonyl (C=O) groups excluding carboxylic acids is 2. The number of rotatable bonds is 43. The lowest BCUT2D eigenvalue weighted by Gasteiger charge is -2.18. The summed E-state index contributed by atoms with van der Waals surface area (Å²) in [5, 5.41) is 0. The van der Waals surface area contributed by atoms with E-state index in [0.29, 0.717) is 12.8 Å². The van der Waals surface area contributed by atoms with Crippen molar-refractivity contribution >= 4 is 19.8 Å². The summed E-state index contributed by atoms with van der Waals surface area (Å²) in [4.78, 5) is 42.9. The van der Waals surface area contributed by atoms with E-state index in [2.05, 4.69) is 54.8 Å². The zero-order chi connectivity index (χ0) is 41.1. The van der Waals surface area contributed by atoms with Crippen LogP contribution in [0.25, 0.3) is 0 Å². The van der Waals surface area contributed by atoms with Gasteiger partial charge in [-0.15, -0.1) is 0 Å². The molecule has 0 aliphatic heterocycles. The first-order chi connectivity index (χ1) is 27.3. The molecule has 0 aliphatic carbocycles. The van der Waals surface area contributed by atoms with E-state index in [1.807, 2.05) is 0 Å². The summed E-state index contributed by atoms with van der Waals surface area (Å²) in [6.07, 6.45) is 51.7. The summed E-state index contributed by atoms with van der Waals surface area (Å²) < 4.78 is 26.4. The van der Waals surface area contributed by atoms with Gasteiger partial charge in [0, 0.05) is 12.8 Å². The third-order valence-corrected chi connectivity index (χ3v) is 10.6. The van der Waals surface area contributed by atoms with Crippen LogP contribution in [0.4, 0.5) is 0 Å². The van der Waals surface area contributed by atoms with E-state index in [-0.39, 0.29) is 19.4 Å². The molecule has 9 heteroatoms. The maximum atomic E-state index is 12.4. The molecule has 0 amide bonds. The lowest BCUT2D eigenvalue weighted by atomic mass is 10.0. The number of unbranched alkanes of at least 4 members (excludes halogenated alkanes) is 27. The molecule has 0 unspecified atom stereocenters. The van der Waals surface area contributed by atoms with Gasteiger partial charge in [-0.2, -0.15) is 0 Å². The van der Waals surface area contributed by atoms with Gasteiger partial charge < -0.3 is 19.3 Å². The molecule has 0 aliphatic rings. The number of hydrogen-bond acceptors (Lipinski definition) is 6. The summed E-state index contributed by atoms with van der Waals surface area (Å²) in [6.45, 7) is 3.65. The van der Waals surface area contributed by atoms with Crippen LogP contribution in [0, 0.1) is 0 Å². The predicted molar refractivity (Wildman–Crippen MR) is 235 cm³/mol. The summed E-state index contributed by atoms with van der Waals surface area (Å²) in [5.41, 5.74) is 0. The molecule has 0 aromatic heterocycles. The van der Waals surface area contributed by atoms with Crippen LogP contribution in [0.2, 0.25) is 0 Å². The third kappa shape index (κ3) is 45.0. The number of carbonyl (C=O) groups is 2. The average Bonchev–Trinajstić information content (AvgIpc) is 3.17. The first kappa shape index (κ1) is 54.3. The molecule has 1 atom stereocenters. The van der Waals surface area contributed by atoms with Gasteiger partial charge in [-0.1, -0.05) is 192 Å². The molecule has 0 heterocycles. The minimum Gasteiger partial charge on any atom is -0.462 e. The summed E-state index contributed by atoms with van der Waals surface area (Å²) in [6, 6.07) is 0. The predicted octanol–water partition coefficient (Wildman–Crippen LogP) is 14.5. The molecule has 56 heavy (non-hydrogen) atoms. The molecule has 0 fully saturated rings. The number of esters is 2. The van der Waals surface area contributed by atoms with Crippen molar-refractivity contribution < 1.29 is 37.9 Å². The van der Waals surface area contributed by atoms with Crippen molar-refractivity contribution in [1.82, 2.24) is 0 Å². The van der Waals surface area contributed by atoms with Crippen LogP contribution in [0.3, 0.4) is 0 Å². The Morgan fingerprint density at radius 2 is 0.804 bits per heavy atom. The van der Waals surface area contributed by atoms with Crippen molar-refractivity contribution in [2.75, 3.05) is 13.2 Å². The molecule has 0 radical (unpaired) electrons. The largest absolute Gasteiger partial charge is 0.469 e. The average molecular weight is 811 g/mol. The van der Waals surface area contributed by atoms with Gasteiger partial charge in [0.25, 0.3) is 0 Å². The molecule has 328 valence electrons. The van der Waals surface area contributed by atoms with Crippen molar-refractivity contribution in [3.8, 4) is 0 Å². The smallest absolute Gasteiger partial charge is 0.462 e. The monoisotopic (exact) mass is 811 g/mol. The molecule has 0 saturated heterocycles. The SMILES string of the molecule is CCCC/C=C/CCCCCCCCCCCC(=O)O[C@H](COC(=O)CCC/C=C/CC/C=C/CCCCCCCCCCCCCCCC)COP(=O)(O)O. The van der Waals surface area contributed by atoms with Crippen molar-refractivity contribution in [3.63, 3.8) is 0 Å². The summed E-state index contributed by atoms with van der Waals surface area (Å²) in [5.74, 6) is -0.930. The highest BCUT2D eigenvalue weighted by molar-refractivity contribution is 7.46. The number of hydrogen-bond donors (Lipinski definition) is 2. The zero-order valence-electron chi connectivity index (χ0n) is 36.3. The first-order valence-corrected chi connectivity index (χ1v) is 24.8. The van der Waals surface area contributed by atoms with E-state index in [0.717, 1.165) is 44.9 Å². The topological polar surface area (TPSA) is 119 Å². The van der Waals surface area contributed by atoms with E-state index in [1.54, 1.807) is 0 Å². The number of phosphoric ester groups is 1. The van der Waals surface area contributed by atoms with E-state index >= 15 is 0 Å². The minimum atomic E-state index is -4.76. The molecule has 0 aromatic carbocycles. The standard InChI is InChI=1S/C47H87O8P/c1-3-5-7-9-11-13-15-17-19-20-21-22-23-24-25-26-28-29-31-33-35-37-39-41-46(48)53-43-45(44-54-56(50,51)52)55-47(49)42-40-38-36-34-32-30-27-18-16-14-12-10-8-6-4-2/h10,12,26,28,33,35,45H,3-9,11,13-25,27,29-32,34,36-44H2,1-2H3,(H2,50,51,52)/b12-10+,28-26+,35-33+/t45-/m1/s1. The van der Waals surface area contributed by atoms with E-state index in [4.69, 9.17) is 19.3 Å². The maximum absolute atomic E-state index is 12.4. The highest BCUT2D eigenvalue weighted by Crippen LogP contribution is 2.36. The highest BCUT2D eigenvalue weighted by Gasteiger charge is 2.22. The van der Waals surface area contributed by atoms with Gasteiger partial charge >= 0.3 is 19.8 Å². The first-order valence-electron chi connectivity index (χ1n) is 23.3. The van der Waals surface area contributed by atoms with Crippen molar-refractivity contribution in [2.45, 2.75) is 238 Å².